The molecule has 11 aromatic rings. The predicted octanol–water partition coefficient (Wildman–Crippen LogP) is 17.4. The van der Waals surface area contributed by atoms with Crippen LogP contribution >= 0.6 is 58.0 Å². The zero-order valence-corrected chi connectivity index (χ0v) is 32.6. The first-order chi connectivity index (χ1) is 26.9. The Morgan fingerprint density at radius 2 is 0.364 bits per heavy atom. The summed E-state index contributed by atoms with van der Waals surface area (Å²) in [5.74, 6) is 0. The second-order valence-corrected chi connectivity index (χ2v) is 16.2. The van der Waals surface area contributed by atoms with E-state index in [9.17, 15) is 0 Å². The van der Waals surface area contributed by atoms with Crippen LogP contribution in [0.2, 0.25) is 25.1 Å². The zero-order chi connectivity index (χ0) is 37.1. The maximum atomic E-state index is 7.09. The molecule has 0 saturated carbocycles. The van der Waals surface area contributed by atoms with Crippen molar-refractivity contribution < 1.29 is 0 Å². The van der Waals surface area contributed by atoms with E-state index in [0.717, 1.165) is 82.6 Å². The molecule has 5 heteroatoms. The molecule has 0 unspecified atom stereocenters. The Labute approximate surface area is 342 Å². The molecule has 55 heavy (non-hydrogen) atoms. The van der Waals surface area contributed by atoms with Gasteiger partial charge in [-0.1, -0.05) is 149 Å². The Morgan fingerprint density at radius 3 is 0.527 bits per heavy atom. The summed E-state index contributed by atoms with van der Waals surface area (Å²) in [5.41, 5.74) is 9.98. The van der Waals surface area contributed by atoms with E-state index in [1.807, 2.05) is 91.0 Å². The third-order valence-electron chi connectivity index (χ3n) is 11.3. The van der Waals surface area contributed by atoms with Gasteiger partial charge >= 0.3 is 0 Å². The fraction of sp³-hybridized carbons (Fsp3) is 0. The van der Waals surface area contributed by atoms with E-state index in [-0.39, 0.29) is 0 Å². The Bertz CT molecular complexity index is 2780. The molecule has 260 valence electrons. The molecule has 0 heterocycles. The highest BCUT2D eigenvalue weighted by atomic mass is 35.5. The van der Waals surface area contributed by atoms with E-state index in [0.29, 0.717) is 25.1 Å². The normalized spacial score (nSPS) is 12.1. The first-order valence-electron chi connectivity index (χ1n) is 18.0. The summed E-state index contributed by atoms with van der Waals surface area (Å²) >= 11 is 35.5. The van der Waals surface area contributed by atoms with Crippen molar-refractivity contribution in [3.05, 3.63) is 177 Å². The van der Waals surface area contributed by atoms with Gasteiger partial charge in [0.05, 0.1) is 0 Å². The quantitative estimate of drug-likeness (QED) is 0.152. The van der Waals surface area contributed by atoms with E-state index in [2.05, 4.69) is 60.7 Å². The molecule has 0 aliphatic heterocycles. The Kier molecular flexibility index (Phi) is 7.56. The number of hydrogen-bond donors (Lipinski definition) is 0. The first-order valence-corrected chi connectivity index (χ1v) is 19.9. The minimum atomic E-state index is 0.680. The molecule has 0 N–H and O–H groups in total. The van der Waals surface area contributed by atoms with Crippen LogP contribution in [0, 0.1) is 0 Å². The van der Waals surface area contributed by atoms with Crippen molar-refractivity contribution in [3.8, 4) is 55.6 Å². The number of rotatable bonds is 5. The smallest absolute Gasteiger partial charge is 0.0484 e. The van der Waals surface area contributed by atoms with Gasteiger partial charge in [-0.3, -0.25) is 0 Å². The van der Waals surface area contributed by atoms with Crippen molar-refractivity contribution in [2.75, 3.05) is 0 Å². The number of hydrogen-bond acceptors (Lipinski definition) is 0. The van der Waals surface area contributed by atoms with Gasteiger partial charge in [-0.05, 0) is 142 Å². The molecular formula is C50H25Cl5. The molecule has 0 spiro atoms. The SMILES string of the molecule is Clc1ccccc1-c1cc2c(-c3ccccc3Cl)cc3c(-c4ccccc4Cl)cc4c(-c5ccccc5Cl)cc5c(-c6ccccc6Cl)cc1c1c5c4c3c21. The molecule has 0 atom stereocenters. The van der Waals surface area contributed by atoms with Crippen molar-refractivity contribution in [3.63, 3.8) is 0 Å². The fourth-order valence-electron chi connectivity index (χ4n) is 9.02. The minimum absolute atomic E-state index is 0.680. The van der Waals surface area contributed by atoms with Crippen LogP contribution in [0.1, 0.15) is 0 Å². The van der Waals surface area contributed by atoms with E-state index in [4.69, 9.17) is 58.0 Å². The molecule has 0 nitrogen and oxygen atoms in total. The third kappa shape index (κ3) is 4.80. The summed E-state index contributed by atoms with van der Waals surface area (Å²) in [6.45, 7) is 0. The highest BCUT2D eigenvalue weighted by Crippen LogP contribution is 2.58. The van der Waals surface area contributed by atoms with Crippen molar-refractivity contribution in [2.45, 2.75) is 0 Å². The van der Waals surface area contributed by atoms with Gasteiger partial charge in [-0.15, -0.1) is 0 Å². The predicted molar refractivity (Wildman–Crippen MR) is 240 cm³/mol. The Balaban J connectivity index is 1.47. The highest BCUT2D eigenvalue weighted by Gasteiger charge is 2.30. The lowest BCUT2D eigenvalue weighted by Gasteiger charge is -2.18. The summed E-state index contributed by atoms with van der Waals surface area (Å²) in [5, 5.41) is 14.8. The average molecular weight is 803 g/mol. The fourth-order valence-corrected chi connectivity index (χ4v) is 10.2. The van der Waals surface area contributed by atoms with Gasteiger partial charge in [0, 0.05) is 52.9 Å². The van der Waals surface area contributed by atoms with Crippen LogP contribution in [-0.4, -0.2) is 0 Å². The molecule has 0 aromatic heterocycles. The number of benzene rings is 10. The molecule has 0 aliphatic rings. The van der Waals surface area contributed by atoms with Gasteiger partial charge in [0.15, 0.2) is 0 Å². The van der Waals surface area contributed by atoms with Gasteiger partial charge in [0.1, 0.15) is 0 Å². The lowest BCUT2D eigenvalue weighted by molar-refractivity contribution is 1.65. The van der Waals surface area contributed by atoms with Gasteiger partial charge in [0.25, 0.3) is 0 Å². The first kappa shape index (κ1) is 33.3. The zero-order valence-electron chi connectivity index (χ0n) is 28.8. The standard InChI is InChI=1S/C50H25Cl5/c51-41-16-6-1-11-26(41)31-21-37-33(28-13-3-8-18-43(28)53)23-39-35(30-15-5-10-20-45(30)55)25-40-34(29-14-4-9-19-44(29)54)24-38-32(27-12-2-7-17-42(27)52)22-36(31)46-47(37)49(39)50(40)48(38)46/h1-25H. The van der Waals surface area contributed by atoms with Crippen LogP contribution in [0.4, 0.5) is 0 Å². The van der Waals surface area contributed by atoms with Crippen LogP contribution in [0.3, 0.4) is 0 Å². The maximum Gasteiger partial charge on any atom is 0.0484 e. The van der Waals surface area contributed by atoms with Crippen molar-refractivity contribution >= 4 is 112 Å². The van der Waals surface area contributed by atoms with Crippen LogP contribution in [-0.2, 0) is 0 Å². The lowest BCUT2D eigenvalue weighted by Crippen LogP contribution is -1.91. The Hall–Kier alpha value is -5.05. The number of halogens is 5. The summed E-state index contributed by atoms with van der Waals surface area (Å²) in [6.07, 6.45) is 0. The molecule has 11 rings (SSSR count). The summed E-state index contributed by atoms with van der Waals surface area (Å²) in [6, 6.07) is 52.0. The van der Waals surface area contributed by atoms with Gasteiger partial charge in [-0.2, -0.15) is 0 Å². The molecule has 0 saturated heterocycles. The lowest BCUT2D eigenvalue weighted by atomic mass is 9.86. The van der Waals surface area contributed by atoms with Crippen LogP contribution in [0.5, 0.6) is 0 Å². The Morgan fingerprint density at radius 1 is 0.200 bits per heavy atom. The molecular weight excluding hydrogens is 778 g/mol. The molecule has 0 amide bonds. The monoisotopic (exact) mass is 800 g/mol. The third-order valence-corrected chi connectivity index (χ3v) is 13.0. The van der Waals surface area contributed by atoms with Crippen LogP contribution in [0.15, 0.2) is 152 Å². The van der Waals surface area contributed by atoms with Crippen LogP contribution in [0.25, 0.3) is 109 Å². The topological polar surface area (TPSA) is 0 Å². The van der Waals surface area contributed by atoms with Crippen molar-refractivity contribution in [1.82, 2.24) is 0 Å². The van der Waals surface area contributed by atoms with Crippen LogP contribution < -0.4 is 0 Å². The van der Waals surface area contributed by atoms with Gasteiger partial charge in [-0.25, -0.2) is 0 Å². The van der Waals surface area contributed by atoms with Crippen molar-refractivity contribution in [2.24, 2.45) is 0 Å². The highest BCUT2D eigenvalue weighted by molar-refractivity contribution is 6.50. The molecule has 0 aliphatic carbocycles. The van der Waals surface area contributed by atoms with Gasteiger partial charge < -0.3 is 0 Å². The largest absolute Gasteiger partial charge is 0.0837 e. The van der Waals surface area contributed by atoms with Gasteiger partial charge in [0.2, 0.25) is 0 Å². The molecule has 0 bridgehead atoms. The van der Waals surface area contributed by atoms with Crippen molar-refractivity contribution in [1.29, 1.82) is 0 Å². The summed E-state index contributed by atoms with van der Waals surface area (Å²) < 4.78 is 0. The van der Waals surface area contributed by atoms with E-state index >= 15 is 0 Å². The second-order valence-electron chi connectivity index (χ2n) is 14.1. The summed E-state index contributed by atoms with van der Waals surface area (Å²) in [7, 11) is 0. The molecule has 11 aromatic carbocycles. The maximum absolute atomic E-state index is 7.09. The second kappa shape index (κ2) is 12.5. The van der Waals surface area contributed by atoms with E-state index in [1.165, 1.54) is 26.9 Å². The van der Waals surface area contributed by atoms with E-state index in [1.54, 1.807) is 0 Å². The average Bonchev–Trinajstić information content (AvgIpc) is 3.56. The molecule has 0 fully saturated rings. The summed E-state index contributed by atoms with van der Waals surface area (Å²) in [4.78, 5) is 0. The minimum Gasteiger partial charge on any atom is -0.0837 e. The van der Waals surface area contributed by atoms with E-state index < -0.39 is 0 Å². The molecule has 0 radical (unpaired) electrons.